The van der Waals surface area contributed by atoms with Crippen molar-refractivity contribution in [2.45, 2.75) is 65.0 Å². The molecule has 1 aromatic carbocycles. The van der Waals surface area contributed by atoms with Crippen LogP contribution >= 0.6 is 11.3 Å². The van der Waals surface area contributed by atoms with Gasteiger partial charge in [0, 0.05) is 16.6 Å². The Labute approximate surface area is 193 Å². The molecule has 0 unspecified atom stereocenters. The van der Waals surface area contributed by atoms with E-state index >= 15 is 0 Å². The van der Waals surface area contributed by atoms with Crippen LogP contribution in [0.1, 0.15) is 59.2 Å². The number of aryl methyl sites for hydroxylation is 2. The van der Waals surface area contributed by atoms with Crippen LogP contribution in [0.3, 0.4) is 0 Å². The molecule has 2 heterocycles. The van der Waals surface area contributed by atoms with Crippen LogP contribution in [0, 0.1) is 20.8 Å². The van der Waals surface area contributed by atoms with Gasteiger partial charge in [0.25, 0.3) is 5.91 Å². The Bertz CT molecular complexity index is 1080. The van der Waals surface area contributed by atoms with Crippen LogP contribution < -0.4 is 10.2 Å². The van der Waals surface area contributed by atoms with E-state index in [9.17, 15) is 9.59 Å². The molecule has 1 aliphatic carbocycles. The maximum atomic E-state index is 13.7. The summed E-state index contributed by atoms with van der Waals surface area (Å²) in [7, 11) is 0. The molecule has 168 valence electrons. The minimum absolute atomic E-state index is 0.123. The standard InChI is InChI=1S/C26H30N2O3S/c1-17-8-6-12-22(19(17)3)28(24(29)16-21-11-7-15-32-21)25(23-14-13-18(2)31-23)26(30)27-20-9-4-5-10-20/h6-8,11-15,20,25H,4-5,9-10,16H2,1-3H3,(H,27,30)/t25-/m1/s1. The van der Waals surface area contributed by atoms with E-state index < -0.39 is 6.04 Å². The van der Waals surface area contributed by atoms with Crippen LogP contribution in [0.4, 0.5) is 5.69 Å². The molecule has 1 atom stereocenters. The highest BCUT2D eigenvalue weighted by Gasteiger charge is 2.37. The Hall–Kier alpha value is -2.86. The van der Waals surface area contributed by atoms with Crippen molar-refractivity contribution >= 4 is 28.8 Å². The summed E-state index contributed by atoms with van der Waals surface area (Å²) in [5.74, 6) is 0.886. The summed E-state index contributed by atoms with van der Waals surface area (Å²) in [5.41, 5.74) is 2.79. The fourth-order valence-electron chi connectivity index (χ4n) is 4.39. The minimum atomic E-state index is -0.864. The van der Waals surface area contributed by atoms with Gasteiger partial charge in [-0.15, -0.1) is 11.3 Å². The monoisotopic (exact) mass is 450 g/mol. The average molecular weight is 451 g/mol. The highest BCUT2D eigenvalue weighted by Crippen LogP contribution is 2.34. The van der Waals surface area contributed by atoms with Gasteiger partial charge in [0.15, 0.2) is 6.04 Å². The van der Waals surface area contributed by atoms with Gasteiger partial charge in [-0.05, 0) is 74.4 Å². The molecular weight excluding hydrogens is 420 g/mol. The molecule has 2 amide bonds. The minimum Gasteiger partial charge on any atom is -0.464 e. The molecule has 1 aliphatic rings. The predicted molar refractivity (Wildman–Crippen MR) is 128 cm³/mol. The Morgan fingerprint density at radius 1 is 1.09 bits per heavy atom. The fraction of sp³-hybridized carbons (Fsp3) is 0.385. The normalized spacial score (nSPS) is 15.0. The lowest BCUT2D eigenvalue weighted by Crippen LogP contribution is -2.47. The van der Waals surface area contributed by atoms with Crippen molar-refractivity contribution in [3.05, 3.63) is 75.4 Å². The van der Waals surface area contributed by atoms with E-state index in [4.69, 9.17) is 4.42 Å². The number of benzene rings is 1. The van der Waals surface area contributed by atoms with Crippen LogP contribution in [-0.2, 0) is 16.0 Å². The number of carbonyl (C=O) groups excluding carboxylic acids is 2. The molecule has 1 saturated carbocycles. The molecule has 0 saturated heterocycles. The van der Waals surface area contributed by atoms with Crippen LogP contribution in [0.2, 0.25) is 0 Å². The lowest BCUT2D eigenvalue weighted by atomic mass is 10.0. The van der Waals surface area contributed by atoms with Crippen LogP contribution in [0.5, 0.6) is 0 Å². The first-order valence-corrected chi connectivity index (χ1v) is 12.1. The van der Waals surface area contributed by atoms with Crippen molar-refractivity contribution < 1.29 is 14.0 Å². The number of hydrogen-bond donors (Lipinski definition) is 1. The number of carbonyl (C=O) groups is 2. The molecular formula is C26H30N2O3S. The lowest BCUT2D eigenvalue weighted by molar-refractivity contribution is -0.127. The Balaban J connectivity index is 1.78. The number of thiophene rings is 1. The van der Waals surface area contributed by atoms with Crippen molar-refractivity contribution in [2.24, 2.45) is 0 Å². The van der Waals surface area contributed by atoms with Gasteiger partial charge in [-0.3, -0.25) is 14.5 Å². The summed E-state index contributed by atoms with van der Waals surface area (Å²) >= 11 is 1.55. The molecule has 32 heavy (non-hydrogen) atoms. The van der Waals surface area contributed by atoms with Crippen molar-refractivity contribution in [3.63, 3.8) is 0 Å². The van der Waals surface area contributed by atoms with Gasteiger partial charge in [0.1, 0.15) is 11.5 Å². The number of amides is 2. The van der Waals surface area contributed by atoms with Crippen LogP contribution in [0.15, 0.2) is 52.3 Å². The smallest absolute Gasteiger partial charge is 0.251 e. The van der Waals surface area contributed by atoms with E-state index in [0.717, 1.165) is 47.4 Å². The summed E-state index contributed by atoms with van der Waals surface area (Å²) in [4.78, 5) is 30.0. The quantitative estimate of drug-likeness (QED) is 0.506. The third-order valence-corrected chi connectivity index (χ3v) is 7.12. The molecule has 6 heteroatoms. The highest BCUT2D eigenvalue weighted by molar-refractivity contribution is 7.10. The molecule has 0 radical (unpaired) electrons. The maximum absolute atomic E-state index is 13.7. The first-order valence-electron chi connectivity index (χ1n) is 11.2. The molecule has 1 N–H and O–H groups in total. The summed E-state index contributed by atoms with van der Waals surface area (Å²) in [6.07, 6.45) is 4.42. The third kappa shape index (κ3) is 4.80. The van der Waals surface area contributed by atoms with Gasteiger partial charge < -0.3 is 9.73 Å². The van der Waals surface area contributed by atoms with Gasteiger partial charge in [-0.2, -0.15) is 0 Å². The maximum Gasteiger partial charge on any atom is 0.251 e. The van der Waals surface area contributed by atoms with Gasteiger partial charge >= 0.3 is 0 Å². The second-order valence-corrected chi connectivity index (χ2v) is 9.61. The summed E-state index contributed by atoms with van der Waals surface area (Å²) in [6, 6.07) is 12.7. The Morgan fingerprint density at radius 2 is 1.88 bits per heavy atom. The van der Waals surface area contributed by atoms with E-state index in [1.54, 1.807) is 16.2 Å². The zero-order valence-electron chi connectivity index (χ0n) is 18.9. The van der Waals surface area contributed by atoms with Gasteiger partial charge in [0.2, 0.25) is 5.91 Å². The van der Waals surface area contributed by atoms with E-state index in [1.807, 2.05) is 68.6 Å². The van der Waals surface area contributed by atoms with E-state index in [-0.39, 0.29) is 24.3 Å². The highest BCUT2D eigenvalue weighted by atomic mass is 32.1. The number of rotatable bonds is 7. The molecule has 5 nitrogen and oxygen atoms in total. The van der Waals surface area contributed by atoms with E-state index in [1.165, 1.54) is 0 Å². The van der Waals surface area contributed by atoms with Crippen molar-refractivity contribution in [1.82, 2.24) is 5.32 Å². The summed E-state index contributed by atoms with van der Waals surface area (Å²) in [5, 5.41) is 5.16. The average Bonchev–Trinajstić information content (AvgIpc) is 3.52. The number of anilines is 1. The number of hydrogen-bond acceptors (Lipinski definition) is 4. The number of furan rings is 1. The van der Waals surface area contributed by atoms with Gasteiger partial charge in [0.05, 0.1) is 6.42 Å². The topological polar surface area (TPSA) is 62.6 Å². The second-order valence-electron chi connectivity index (χ2n) is 8.58. The zero-order valence-corrected chi connectivity index (χ0v) is 19.7. The van der Waals surface area contributed by atoms with Crippen LogP contribution in [-0.4, -0.2) is 17.9 Å². The first kappa shape index (κ1) is 22.3. The van der Waals surface area contributed by atoms with Gasteiger partial charge in [-0.1, -0.05) is 31.0 Å². The molecule has 2 aromatic heterocycles. The second kappa shape index (κ2) is 9.74. The molecule has 0 bridgehead atoms. The fourth-order valence-corrected chi connectivity index (χ4v) is 5.08. The Morgan fingerprint density at radius 3 is 2.53 bits per heavy atom. The zero-order chi connectivity index (χ0) is 22.7. The van der Waals surface area contributed by atoms with Crippen LogP contribution in [0.25, 0.3) is 0 Å². The van der Waals surface area contributed by atoms with E-state index in [2.05, 4.69) is 5.32 Å². The molecule has 4 rings (SSSR count). The molecule has 0 spiro atoms. The molecule has 3 aromatic rings. The Kier molecular flexibility index (Phi) is 6.80. The largest absolute Gasteiger partial charge is 0.464 e. The van der Waals surface area contributed by atoms with Crippen molar-refractivity contribution in [1.29, 1.82) is 0 Å². The summed E-state index contributed by atoms with van der Waals surface area (Å²) < 4.78 is 5.94. The van der Waals surface area contributed by atoms with Crippen molar-refractivity contribution in [2.75, 3.05) is 4.90 Å². The predicted octanol–water partition coefficient (Wildman–Crippen LogP) is 5.64. The third-order valence-electron chi connectivity index (χ3n) is 6.25. The SMILES string of the molecule is Cc1ccc([C@H](C(=O)NC2CCCC2)N(C(=O)Cc2cccs2)c2cccc(C)c2C)o1. The first-order chi connectivity index (χ1) is 15.4. The lowest BCUT2D eigenvalue weighted by Gasteiger charge is -2.32. The molecule has 0 aliphatic heterocycles. The van der Waals surface area contributed by atoms with E-state index in [0.29, 0.717) is 11.5 Å². The molecule has 1 fully saturated rings. The van der Waals surface area contributed by atoms with Gasteiger partial charge in [-0.25, -0.2) is 0 Å². The summed E-state index contributed by atoms with van der Waals surface area (Å²) in [6.45, 7) is 5.87. The van der Waals surface area contributed by atoms with Crippen molar-refractivity contribution in [3.8, 4) is 0 Å². The number of nitrogens with zero attached hydrogens (tertiary/aromatic N) is 1. The number of nitrogens with one attached hydrogen (secondary N) is 1.